The van der Waals surface area contributed by atoms with Crippen molar-refractivity contribution < 1.29 is 4.40 Å². The van der Waals surface area contributed by atoms with Crippen LogP contribution in [0.2, 0.25) is 0 Å². The first-order valence-corrected chi connectivity index (χ1v) is 6.50. The lowest BCUT2D eigenvalue weighted by Crippen LogP contribution is -2.19. The Morgan fingerprint density at radius 1 is 1.37 bits per heavy atom. The second-order valence-corrected chi connectivity index (χ2v) is 5.29. The van der Waals surface area contributed by atoms with Gasteiger partial charge in [-0.15, -0.1) is 16.3 Å². The summed E-state index contributed by atoms with van der Waals surface area (Å²) >= 11 is 1.39. The van der Waals surface area contributed by atoms with E-state index in [0.717, 1.165) is 21.4 Å². The summed E-state index contributed by atoms with van der Waals surface area (Å²) in [6.07, 6.45) is 1.73. The Kier molecular flexibility index (Phi) is 1.86. The third kappa shape index (κ3) is 1.22. The summed E-state index contributed by atoms with van der Waals surface area (Å²) in [5, 5.41) is 9.65. The standard InChI is InChI=1S/C13H7N5S/c14-5-7-10-11(19-12(7)15)13-17-8-3-1-2-4-9(8)18(13)6-16-10/h1-4,6H,(H2,15,17)/p+1. The summed E-state index contributed by atoms with van der Waals surface area (Å²) in [5.41, 5.74) is 10.0. The van der Waals surface area contributed by atoms with Gasteiger partial charge in [-0.05, 0) is 12.1 Å². The number of nitrogens with one attached hydrogen (secondary N) is 1. The predicted octanol–water partition coefficient (Wildman–Crippen LogP) is 1.97. The highest BCUT2D eigenvalue weighted by molar-refractivity contribution is 7.23. The molecule has 5 nitrogen and oxygen atoms in total. The fourth-order valence-corrected chi connectivity index (χ4v) is 3.29. The molecule has 0 bridgehead atoms. The van der Waals surface area contributed by atoms with E-state index in [1.165, 1.54) is 11.3 Å². The maximum Gasteiger partial charge on any atom is 0.252 e. The summed E-state index contributed by atoms with van der Waals surface area (Å²) in [4.78, 5) is 7.73. The number of para-hydroxylation sites is 2. The number of nitrogen functional groups attached to an aromatic ring is 1. The molecule has 3 N–H and O–H groups in total. The molecule has 0 saturated carbocycles. The number of aromatic nitrogens is 3. The minimum atomic E-state index is 0.459. The highest BCUT2D eigenvalue weighted by Gasteiger charge is 2.21. The summed E-state index contributed by atoms with van der Waals surface area (Å²) in [5.74, 6) is 0. The van der Waals surface area contributed by atoms with E-state index in [2.05, 4.69) is 16.0 Å². The van der Waals surface area contributed by atoms with E-state index in [1.807, 2.05) is 28.7 Å². The van der Waals surface area contributed by atoms with Crippen molar-refractivity contribution in [3.8, 4) is 6.07 Å². The van der Waals surface area contributed by atoms with Crippen LogP contribution in [0.5, 0.6) is 0 Å². The molecule has 6 heteroatoms. The highest BCUT2D eigenvalue weighted by Crippen LogP contribution is 2.33. The van der Waals surface area contributed by atoms with Crippen molar-refractivity contribution in [1.82, 2.24) is 9.97 Å². The van der Waals surface area contributed by atoms with Crippen molar-refractivity contribution in [2.24, 2.45) is 0 Å². The van der Waals surface area contributed by atoms with Crippen LogP contribution in [0.1, 0.15) is 5.56 Å². The zero-order valence-electron chi connectivity index (χ0n) is 9.71. The molecule has 4 rings (SSSR count). The molecular formula is C13H8N5S+. The van der Waals surface area contributed by atoms with Crippen LogP contribution in [-0.2, 0) is 0 Å². The smallest absolute Gasteiger partial charge is 0.252 e. The number of nitrogens with two attached hydrogens (primary N) is 1. The molecular weight excluding hydrogens is 258 g/mol. The number of thiophene rings is 1. The van der Waals surface area contributed by atoms with Crippen molar-refractivity contribution in [3.63, 3.8) is 0 Å². The molecule has 19 heavy (non-hydrogen) atoms. The molecule has 3 aromatic heterocycles. The number of anilines is 1. The molecule has 3 heterocycles. The third-order valence-corrected chi connectivity index (χ3v) is 4.21. The lowest BCUT2D eigenvalue weighted by molar-refractivity contribution is -0.483. The Hall–Kier alpha value is -2.65. The summed E-state index contributed by atoms with van der Waals surface area (Å²) < 4.78 is 2.89. The SMILES string of the molecule is N#Cc1c(N)sc2c1nc[n+]1c3ccccc3[nH]c21. The topological polar surface area (TPSA) is 82.6 Å². The molecule has 1 aromatic carbocycles. The quantitative estimate of drug-likeness (QED) is 0.477. The maximum atomic E-state index is 9.14. The van der Waals surface area contributed by atoms with Gasteiger partial charge < -0.3 is 5.73 Å². The average molecular weight is 266 g/mol. The second-order valence-electron chi connectivity index (χ2n) is 4.24. The molecule has 90 valence electrons. The summed E-state index contributed by atoms with van der Waals surface area (Å²) in [7, 11) is 0. The van der Waals surface area contributed by atoms with Gasteiger partial charge in [-0.3, -0.25) is 4.98 Å². The average Bonchev–Trinajstić information content (AvgIpc) is 2.95. The van der Waals surface area contributed by atoms with E-state index in [1.54, 1.807) is 6.33 Å². The number of hydrogen-bond donors (Lipinski definition) is 2. The van der Waals surface area contributed by atoms with Crippen molar-refractivity contribution in [3.05, 3.63) is 36.2 Å². The molecule has 0 radical (unpaired) electrons. The third-order valence-electron chi connectivity index (χ3n) is 3.20. The minimum Gasteiger partial charge on any atom is -0.389 e. The first-order valence-electron chi connectivity index (χ1n) is 5.69. The first kappa shape index (κ1) is 10.3. The van der Waals surface area contributed by atoms with Crippen LogP contribution in [0, 0.1) is 11.3 Å². The molecule has 0 fully saturated rings. The van der Waals surface area contributed by atoms with E-state index < -0.39 is 0 Å². The maximum absolute atomic E-state index is 9.14. The van der Waals surface area contributed by atoms with Crippen LogP contribution < -0.4 is 10.1 Å². The molecule has 0 unspecified atom stereocenters. The molecule has 0 aliphatic carbocycles. The largest absolute Gasteiger partial charge is 0.389 e. The number of imidazole rings is 1. The Morgan fingerprint density at radius 3 is 3.05 bits per heavy atom. The number of nitrogens with zero attached hydrogens (tertiary/aromatic N) is 3. The fourth-order valence-electron chi connectivity index (χ4n) is 2.33. The van der Waals surface area contributed by atoms with E-state index in [9.17, 15) is 0 Å². The minimum absolute atomic E-state index is 0.459. The monoisotopic (exact) mass is 266 g/mol. The zero-order chi connectivity index (χ0) is 13.0. The Morgan fingerprint density at radius 2 is 2.21 bits per heavy atom. The van der Waals surface area contributed by atoms with Gasteiger partial charge in [0.05, 0.1) is 0 Å². The van der Waals surface area contributed by atoms with Gasteiger partial charge in [0.1, 0.15) is 32.4 Å². The van der Waals surface area contributed by atoms with Gasteiger partial charge in [0.25, 0.3) is 5.65 Å². The van der Waals surface area contributed by atoms with E-state index in [0.29, 0.717) is 16.1 Å². The second kappa shape index (κ2) is 3.43. The molecule has 0 spiro atoms. The van der Waals surface area contributed by atoms with Crippen LogP contribution >= 0.6 is 11.3 Å². The number of hydrogen-bond acceptors (Lipinski definition) is 4. The van der Waals surface area contributed by atoms with Crippen molar-refractivity contribution in [2.45, 2.75) is 0 Å². The Bertz CT molecular complexity index is 989. The van der Waals surface area contributed by atoms with Gasteiger partial charge in [0.2, 0.25) is 6.33 Å². The number of aromatic amines is 1. The van der Waals surface area contributed by atoms with E-state index in [-0.39, 0.29) is 0 Å². The van der Waals surface area contributed by atoms with Gasteiger partial charge in [-0.2, -0.15) is 9.66 Å². The van der Waals surface area contributed by atoms with Crippen molar-refractivity contribution in [2.75, 3.05) is 5.73 Å². The van der Waals surface area contributed by atoms with Gasteiger partial charge >= 0.3 is 0 Å². The molecule has 0 atom stereocenters. The van der Waals surface area contributed by atoms with Gasteiger partial charge in [-0.1, -0.05) is 12.1 Å². The molecule has 0 aliphatic rings. The van der Waals surface area contributed by atoms with E-state index >= 15 is 0 Å². The molecule has 0 amide bonds. The van der Waals surface area contributed by atoms with Crippen LogP contribution in [0.25, 0.3) is 26.9 Å². The Balaban J connectivity index is 2.29. The van der Waals surface area contributed by atoms with Gasteiger partial charge in [0.15, 0.2) is 5.52 Å². The highest BCUT2D eigenvalue weighted by atomic mass is 32.1. The zero-order valence-corrected chi connectivity index (χ0v) is 10.5. The first-order chi connectivity index (χ1) is 9.29. The normalized spacial score (nSPS) is 11.3. The molecule has 4 aromatic rings. The number of benzene rings is 1. The summed E-state index contributed by atoms with van der Waals surface area (Å²) in [6.45, 7) is 0. The number of fused-ring (bicyclic) bond motifs is 5. The van der Waals surface area contributed by atoms with Crippen LogP contribution in [0.4, 0.5) is 5.00 Å². The number of rotatable bonds is 0. The van der Waals surface area contributed by atoms with E-state index in [4.69, 9.17) is 11.0 Å². The van der Waals surface area contributed by atoms with Gasteiger partial charge in [0, 0.05) is 0 Å². The fraction of sp³-hybridized carbons (Fsp3) is 0. The summed E-state index contributed by atoms with van der Waals surface area (Å²) in [6, 6.07) is 10.1. The number of H-pyrrole nitrogens is 1. The lowest BCUT2D eigenvalue weighted by Gasteiger charge is -1.87. The van der Waals surface area contributed by atoms with Crippen LogP contribution in [-0.4, -0.2) is 9.97 Å². The van der Waals surface area contributed by atoms with Crippen molar-refractivity contribution >= 4 is 43.2 Å². The molecule has 0 aliphatic heterocycles. The lowest BCUT2D eigenvalue weighted by atomic mass is 10.3. The number of nitriles is 1. The van der Waals surface area contributed by atoms with Crippen molar-refractivity contribution in [1.29, 1.82) is 5.26 Å². The van der Waals surface area contributed by atoms with Crippen LogP contribution in [0.3, 0.4) is 0 Å². The molecule has 0 saturated heterocycles. The van der Waals surface area contributed by atoms with Crippen LogP contribution in [0.15, 0.2) is 30.6 Å². The Labute approximate surface area is 111 Å². The predicted molar refractivity (Wildman–Crippen MR) is 73.8 cm³/mol. The van der Waals surface area contributed by atoms with Gasteiger partial charge in [-0.25, -0.2) is 0 Å².